The Bertz CT molecular complexity index is 1410. The number of anilines is 1. The van der Waals surface area contributed by atoms with E-state index in [2.05, 4.69) is 17.4 Å². The normalized spacial score (nSPS) is 17.5. The second kappa shape index (κ2) is 9.67. The van der Waals surface area contributed by atoms with Crippen LogP contribution in [0.15, 0.2) is 65.6 Å². The van der Waals surface area contributed by atoms with Crippen LogP contribution in [0.1, 0.15) is 36.1 Å². The lowest BCUT2D eigenvalue weighted by Gasteiger charge is -2.35. The van der Waals surface area contributed by atoms with E-state index in [0.717, 1.165) is 24.8 Å². The van der Waals surface area contributed by atoms with Gasteiger partial charge in [0, 0.05) is 5.02 Å². The van der Waals surface area contributed by atoms with Gasteiger partial charge in [-0.25, -0.2) is 8.42 Å². The monoisotopic (exact) mass is 526 g/mol. The van der Waals surface area contributed by atoms with Crippen LogP contribution >= 0.6 is 11.6 Å². The maximum atomic E-state index is 13.6. The molecule has 0 aromatic heterocycles. The van der Waals surface area contributed by atoms with Gasteiger partial charge in [0.1, 0.15) is 11.5 Å². The van der Waals surface area contributed by atoms with Crippen molar-refractivity contribution in [1.29, 1.82) is 0 Å². The van der Waals surface area contributed by atoms with Gasteiger partial charge in [-0.2, -0.15) is 0 Å². The zero-order valence-electron chi connectivity index (χ0n) is 20.0. The maximum Gasteiger partial charge on any atom is 0.264 e. The van der Waals surface area contributed by atoms with Crippen molar-refractivity contribution < 1.29 is 22.7 Å². The highest BCUT2D eigenvalue weighted by Crippen LogP contribution is 2.39. The van der Waals surface area contributed by atoms with Gasteiger partial charge in [0.15, 0.2) is 6.10 Å². The van der Waals surface area contributed by atoms with E-state index in [-0.39, 0.29) is 28.9 Å². The first-order valence-corrected chi connectivity index (χ1v) is 13.6. The van der Waals surface area contributed by atoms with Gasteiger partial charge in [-0.3, -0.25) is 9.10 Å². The standard InChI is InChI=1S/C27H27ClN2O5S/c1-17(19-7-6-18-4-3-5-20(18)14-19)29-27(31)26-16-30(24-15-21(28)8-13-25(24)35-26)36(32,33)23-11-9-22(34-2)10-12-23/h6-15,17,26H,3-5,16H2,1-2H3,(H,29,31)/t17-,26-/m0/s1. The average molecular weight is 527 g/mol. The molecule has 0 fully saturated rings. The Labute approximate surface area is 216 Å². The highest BCUT2D eigenvalue weighted by atomic mass is 35.5. The number of benzene rings is 3. The zero-order valence-corrected chi connectivity index (χ0v) is 21.6. The summed E-state index contributed by atoms with van der Waals surface area (Å²) in [5.41, 5.74) is 3.98. The molecule has 188 valence electrons. The van der Waals surface area contributed by atoms with E-state index < -0.39 is 22.0 Å². The van der Waals surface area contributed by atoms with Crippen LogP contribution in [0, 0.1) is 0 Å². The third-order valence-electron chi connectivity index (χ3n) is 6.71. The number of ether oxygens (including phenoxy) is 2. The molecule has 0 unspecified atom stereocenters. The van der Waals surface area contributed by atoms with Crippen molar-refractivity contribution in [2.24, 2.45) is 0 Å². The number of fused-ring (bicyclic) bond motifs is 2. The van der Waals surface area contributed by atoms with E-state index in [1.807, 2.05) is 13.0 Å². The van der Waals surface area contributed by atoms with Crippen molar-refractivity contribution in [3.05, 3.63) is 82.4 Å². The van der Waals surface area contributed by atoms with Crippen LogP contribution in [0.2, 0.25) is 5.02 Å². The van der Waals surface area contributed by atoms with Gasteiger partial charge >= 0.3 is 0 Å². The van der Waals surface area contributed by atoms with E-state index >= 15 is 0 Å². The summed E-state index contributed by atoms with van der Waals surface area (Å²) < 4.78 is 39.6. The van der Waals surface area contributed by atoms with Crippen LogP contribution in [-0.4, -0.2) is 34.1 Å². The Hall–Kier alpha value is -3.23. The van der Waals surface area contributed by atoms with E-state index in [1.165, 1.54) is 40.7 Å². The SMILES string of the molecule is COc1ccc(S(=O)(=O)N2C[C@@H](C(=O)N[C@@H](C)c3ccc4c(c3)CCC4)Oc3ccc(Cl)cc32)cc1. The van der Waals surface area contributed by atoms with Crippen LogP contribution in [0.5, 0.6) is 11.5 Å². The number of hydrogen-bond donors (Lipinski definition) is 1. The van der Waals surface area contributed by atoms with Gasteiger partial charge in [-0.1, -0.05) is 29.8 Å². The minimum atomic E-state index is -4.01. The lowest BCUT2D eigenvalue weighted by molar-refractivity contribution is -0.128. The summed E-state index contributed by atoms with van der Waals surface area (Å²) in [6, 6.07) is 16.9. The van der Waals surface area contributed by atoms with E-state index in [0.29, 0.717) is 10.8 Å². The molecule has 3 aromatic rings. The van der Waals surface area contributed by atoms with E-state index in [9.17, 15) is 13.2 Å². The third kappa shape index (κ3) is 4.63. The minimum absolute atomic E-state index is 0.0711. The first kappa shape index (κ1) is 24.5. The largest absolute Gasteiger partial charge is 0.497 e. The van der Waals surface area contributed by atoms with Crippen LogP contribution in [0.25, 0.3) is 0 Å². The molecule has 0 radical (unpaired) electrons. The molecular formula is C27H27ClN2O5S. The van der Waals surface area contributed by atoms with Crippen LogP contribution in [0.3, 0.4) is 0 Å². The molecule has 0 saturated carbocycles. The fourth-order valence-electron chi connectivity index (χ4n) is 4.71. The van der Waals surface area contributed by atoms with Crippen LogP contribution < -0.4 is 19.1 Å². The molecule has 1 N–H and O–H groups in total. The molecular weight excluding hydrogens is 500 g/mol. The second-order valence-corrected chi connectivity index (χ2v) is 11.3. The fraction of sp³-hybridized carbons (Fsp3) is 0.296. The van der Waals surface area contributed by atoms with E-state index in [4.69, 9.17) is 21.1 Å². The minimum Gasteiger partial charge on any atom is -0.497 e. The number of nitrogens with zero attached hydrogens (tertiary/aromatic N) is 1. The second-order valence-electron chi connectivity index (χ2n) is 9.04. The van der Waals surface area contributed by atoms with Gasteiger partial charge in [0.2, 0.25) is 0 Å². The summed E-state index contributed by atoms with van der Waals surface area (Å²) in [4.78, 5) is 13.4. The number of halogens is 1. The number of sulfonamides is 1. The molecule has 7 nitrogen and oxygen atoms in total. The predicted octanol–water partition coefficient (Wildman–Crippen LogP) is 4.67. The molecule has 2 atom stereocenters. The number of methoxy groups -OCH3 is 1. The molecule has 2 aliphatic rings. The summed E-state index contributed by atoms with van der Waals surface area (Å²) in [6.45, 7) is 1.72. The summed E-state index contributed by atoms with van der Waals surface area (Å²) in [7, 11) is -2.50. The Kier molecular flexibility index (Phi) is 6.57. The molecule has 0 spiro atoms. The quantitative estimate of drug-likeness (QED) is 0.504. The van der Waals surface area contributed by atoms with Crippen molar-refractivity contribution in [1.82, 2.24) is 5.32 Å². The molecule has 1 amide bonds. The third-order valence-corrected chi connectivity index (χ3v) is 8.74. The maximum absolute atomic E-state index is 13.6. The summed E-state index contributed by atoms with van der Waals surface area (Å²) in [6.07, 6.45) is 2.25. The number of amides is 1. The zero-order chi connectivity index (χ0) is 25.4. The number of carbonyl (C=O) groups is 1. The number of hydrogen-bond acceptors (Lipinski definition) is 5. The Balaban J connectivity index is 1.41. The lowest BCUT2D eigenvalue weighted by Crippen LogP contribution is -2.51. The summed E-state index contributed by atoms with van der Waals surface area (Å²) >= 11 is 6.18. The summed E-state index contributed by atoms with van der Waals surface area (Å²) in [5, 5.41) is 3.36. The number of aryl methyl sites for hydroxylation is 2. The van der Waals surface area contributed by atoms with Crippen molar-refractivity contribution in [2.75, 3.05) is 18.0 Å². The highest BCUT2D eigenvalue weighted by molar-refractivity contribution is 7.92. The molecule has 0 saturated heterocycles. The topological polar surface area (TPSA) is 84.9 Å². The molecule has 5 rings (SSSR count). The molecule has 1 heterocycles. The smallest absolute Gasteiger partial charge is 0.264 e. The molecule has 3 aromatic carbocycles. The van der Waals surface area contributed by atoms with Gasteiger partial charge in [-0.05, 0) is 85.3 Å². The Morgan fingerprint density at radius 1 is 1.08 bits per heavy atom. The average Bonchev–Trinajstić information content (AvgIpc) is 3.36. The Morgan fingerprint density at radius 3 is 2.58 bits per heavy atom. The Morgan fingerprint density at radius 2 is 1.83 bits per heavy atom. The number of rotatable bonds is 6. The van der Waals surface area contributed by atoms with Crippen LogP contribution in [-0.2, 0) is 27.7 Å². The van der Waals surface area contributed by atoms with Crippen molar-refractivity contribution in [3.8, 4) is 11.5 Å². The molecule has 1 aliphatic carbocycles. The predicted molar refractivity (Wildman–Crippen MR) is 138 cm³/mol. The number of nitrogens with one attached hydrogen (secondary N) is 1. The van der Waals surface area contributed by atoms with Gasteiger partial charge in [-0.15, -0.1) is 0 Å². The fourth-order valence-corrected chi connectivity index (χ4v) is 6.35. The van der Waals surface area contributed by atoms with Gasteiger partial charge < -0.3 is 14.8 Å². The highest BCUT2D eigenvalue weighted by Gasteiger charge is 2.38. The van der Waals surface area contributed by atoms with Crippen LogP contribution in [0.4, 0.5) is 5.69 Å². The summed E-state index contributed by atoms with van der Waals surface area (Å²) in [5.74, 6) is 0.420. The number of carbonyl (C=O) groups excluding carboxylic acids is 1. The van der Waals surface area contributed by atoms with Gasteiger partial charge in [0.05, 0.1) is 30.3 Å². The van der Waals surface area contributed by atoms with Crippen molar-refractivity contribution in [3.63, 3.8) is 0 Å². The lowest BCUT2D eigenvalue weighted by atomic mass is 10.0. The molecule has 1 aliphatic heterocycles. The van der Waals surface area contributed by atoms with E-state index in [1.54, 1.807) is 24.3 Å². The molecule has 0 bridgehead atoms. The van der Waals surface area contributed by atoms with Gasteiger partial charge in [0.25, 0.3) is 15.9 Å². The first-order chi connectivity index (χ1) is 17.3. The molecule has 9 heteroatoms. The van der Waals surface area contributed by atoms with Crippen molar-refractivity contribution >= 4 is 33.2 Å². The first-order valence-electron chi connectivity index (χ1n) is 11.8. The molecule has 36 heavy (non-hydrogen) atoms. The van der Waals surface area contributed by atoms with Crippen molar-refractivity contribution in [2.45, 2.75) is 43.2 Å².